The molecule has 0 unspecified atom stereocenters. The molecule has 66 valence electrons. The molecule has 0 radical (unpaired) electrons. The second kappa shape index (κ2) is 3.15. The second-order valence-electron chi connectivity index (χ2n) is 2.64. The van der Waals surface area contributed by atoms with Crippen molar-refractivity contribution in [3.05, 3.63) is 34.7 Å². The van der Waals surface area contributed by atoms with E-state index in [1.165, 1.54) is 6.07 Å². The molecule has 0 aliphatic heterocycles. The molecule has 4 nitrogen and oxygen atoms in total. The molecule has 0 aromatic heterocycles. The van der Waals surface area contributed by atoms with E-state index in [2.05, 4.69) is 4.85 Å². The Bertz CT molecular complexity index is 405. The summed E-state index contributed by atoms with van der Waals surface area (Å²) in [4.78, 5) is 13.8. The molecular weight excluding hydrogens is 168 g/mol. The maximum absolute atomic E-state index is 10.7. The highest BCUT2D eigenvalue weighted by atomic mass is 16.4. The minimum Gasteiger partial charge on any atom is -0.478 e. The lowest BCUT2D eigenvalue weighted by atomic mass is 10.1. The minimum absolute atomic E-state index is 0.00833. The van der Waals surface area contributed by atoms with Gasteiger partial charge >= 0.3 is 5.97 Å². The van der Waals surface area contributed by atoms with Crippen molar-refractivity contribution < 1.29 is 9.90 Å². The lowest BCUT2D eigenvalue weighted by Gasteiger charge is -2.04. The summed E-state index contributed by atoms with van der Waals surface area (Å²) in [7, 11) is 0. The summed E-state index contributed by atoms with van der Waals surface area (Å²) in [6.07, 6.45) is 0. The fourth-order valence-electron chi connectivity index (χ4n) is 1.02. The number of anilines is 1. The van der Waals surface area contributed by atoms with E-state index in [0.29, 0.717) is 11.3 Å². The zero-order valence-corrected chi connectivity index (χ0v) is 7.03. The second-order valence-corrected chi connectivity index (χ2v) is 2.64. The van der Waals surface area contributed by atoms with Crippen LogP contribution in [0.5, 0.6) is 0 Å². The average molecular weight is 176 g/mol. The summed E-state index contributed by atoms with van der Waals surface area (Å²) in [6, 6.07) is 2.84. The van der Waals surface area contributed by atoms with Gasteiger partial charge in [-0.05, 0) is 18.6 Å². The number of aryl methyl sites for hydroxylation is 1. The Hall–Kier alpha value is -2.02. The van der Waals surface area contributed by atoms with Crippen LogP contribution < -0.4 is 5.73 Å². The summed E-state index contributed by atoms with van der Waals surface area (Å²) in [6.45, 7) is 8.42. The van der Waals surface area contributed by atoms with Crippen molar-refractivity contribution >= 4 is 17.3 Å². The maximum Gasteiger partial charge on any atom is 0.336 e. The van der Waals surface area contributed by atoms with E-state index in [0.717, 1.165) is 0 Å². The molecule has 4 heteroatoms. The van der Waals surface area contributed by atoms with E-state index in [1.807, 2.05) is 0 Å². The highest BCUT2D eigenvalue weighted by Crippen LogP contribution is 2.24. The molecule has 0 atom stereocenters. The topological polar surface area (TPSA) is 67.7 Å². The molecule has 0 heterocycles. The van der Waals surface area contributed by atoms with E-state index < -0.39 is 5.97 Å². The average Bonchev–Trinajstić information content (AvgIpc) is 2.09. The van der Waals surface area contributed by atoms with Gasteiger partial charge in [-0.1, -0.05) is 6.07 Å². The van der Waals surface area contributed by atoms with E-state index in [9.17, 15) is 4.79 Å². The van der Waals surface area contributed by atoms with Gasteiger partial charge in [0.2, 0.25) is 0 Å². The summed E-state index contributed by atoms with van der Waals surface area (Å²) in [5.41, 5.74) is 6.65. The molecule has 0 amide bonds. The molecule has 0 bridgehead atoms. The molecule has 0 aliphatic carbocycles. The van der Waals surface area contributed by atoms with E-state index in [-0.39, 0.29) is 11.3 Å². The Labute approximate surface area is 75.4 Å². The number of nitrogens with zero attached hydrogens (tertiary/aromatic N) is 1. The molecule has 0 saturated heterocycles. The van der Waals surface area contributed by atoms with E-state index in [4.69, 9.17) is 17.4 Å². The van der Waals surface area contributed by atoms with Crippen LogP contribution in [0.2, 0.25) is 0 Å². The number of aromatic carboxylic acids is 1. The molecular formula is C9H8N2O2. The number of rotatable bonds is 1. The molecule has 0 saturated carbocycles. The van der Waals surface area contributed by atoms with Crippen LogP contribution in [0, 0.1) is 13.5 Å². The molecule has 1 rings (SSSR count). The number of nitrogen functional groups attached to an aromatic ring is 1. The van der Waals surface area contributed by atoms with Gasteiger partial charge in [0.15, 0.2) is 5.69 Å². The number of hydrogen-bond acceptors (Lipinski definition) is 2. The number of hydrogen-bond donors (Lipinski definition) is 2. The normalized spacial score (nSPS) is 9.23. The highest BCUT2D eigenvalue weighted by Gasteiger charge is 2.10. The third-order valence-corrected chi connectivity index (χ3v) is 1.73. The molecule has 0 aliphatic rings. The van der Waals surface area contributed by atoms with Crippen LogP contribution in [0.3, 0.4) is 0 Å². The van der Waals surface area contributed by atoms with Crippen molar-refractivity contribution in [1.82, 2.24) is 0 Å². The van der Waals surface area contributed by atoms with Crippen LogP contribution in [0.15, 0.2) is 12.1 Å². The van der Waals surface area contributed by atoms with Gasteiger partial charge in [-0.2, -0.15) is 0 Å². The Morgan fingerprint density at radius 2 is 2.23 bits per heavy atom. The fourth-order valence-corrected chi connectivity index (χ4v) is 1.02. The van der Waals surface area contributed by atoms with Gasteiger partial charge in [0.25, 0.3) is 0 Å². The molecule has 13 heavy (non-hydrogen) atoms. The third kappa shape index (κ3) is 1.59. The van der Waals surface area contributed by atoms with Crippen LogP contribution in [0.25, 0.3) is 4.85 Å². The number of nitrogens with two attached hydrogens (primary N) is 1. The summed E-state index contributed by atoms with van der Waals surface area (Å²) in [5.74, 6) is -1.11. The first kappa shape index (κ1) is 9.07. The van der Waals surface area contributed by atoms with Crippen molar-refractivity contribution in [2.75, 3.05) is 5.73 Å². The Morgan fingerprint density at radius 3 is 2.69 bits per heavy atom. The van der Waals surface area contributed by atoms with Crippen LogP contribution in [0.1, 0.15) is 15.9 Å². The number of carboxylic acid groups (broad SMARTS) is 1. The first-order valence-corrected chi connectivity index (χ1v) is 3.57. The highest BCUT2D eigenvalue weighted by molar-refractivity contribution is 5.95. The predicted molar refractivity (Wildman–Crippen MR) is 48.8 cm³/mol. The van der Waals surface area contributed by atoms with Crippen LogP contribution >= 0.6 is 0 Å². The largest absolute Gasteiger partial charge is 0.478 e. The van der Waals surface area contributed by atoms with Gasteiger partial charge in [0.1, 0.15) is 0 Å². The van der Waals surface area contributed by atoms with Gasteiger partial charge in [-0.3, -0.25) is 0 Å². The SMILES string of the molecule is [C-]#[N+]c1cc(C)c(N)c(C(=O)O)c1. The third-order valence-electron chi connectivity index (χ3n) is 1.73. The summed E-state index contributed by atoms with van der Waals surface area (Å²) in [5, 5.41) is 8.73. The van der Waals surface area contributed by atoms with Crippen molar-refractivity contribution in [2.24, 2.45) is 0 Å². The van der Waals surface area contributed by atoms with Crippen LogP contribution in [-0.4, -0.2) is 11.1 Å². The van der Waals surface area contributed by atoms with Crippen LogP contribution in [0.4, 0.5) is 11.4 Å². The molecule has 1 aromatic carbocycles. The standard InChI is InChI=1S/C9H8N2O2/c1-5-3-6(11-2)4-7(8(5)10)9(12)13/h3-4H,10H2,1H3,(H,12,13). The first-order chi connectivity index (χ1) is 6.06. The van der Waals surface area contributed by atoms with E-state index in [1.54, 1.807) is 13.0 Å². The lowest BCUT2D eigenvalue weighted by Crippen LogP contribution is -2.03. The van der Waals surface area contributed by atoms with Crippen molar-refractivity contribution in [3.63, 3.8) is 0 Å². The number of carbonyl (C=O) groups is 1. The van der Waals surface area contributed by atoms with Crippen molar-refractivity contribution in [1.29, 1.82) is 0 Å². The van der Waals surface area contributed by atoms with E-state index >= 15 is 0 Å². The van der Waals surface area contributed by atoms with Crippen molar-refractivity contribution in [3.8, 4) is 0 Å². The zero-order valence-electron chi connectivity index (χ0n) is 7.03. The smallest absolute Gasteiger partial charge is 0.336 e. The van der Waals surface area contributed by atoms with Crippen LogP contribution in [-0.2, 0) is 0 Å². The maximum atomic E-state index is 10.7. The molecule has 1 aromatic rings. The summed E-state index contributed by atoms with van der Waals surface area (Å²) < 4.78 is 0. The molecule has 3 N–H and O–H groups in total. The monoisotopic (exact) mass is 176 g/mol. The fraction of sp³-hybridized carbons (Fsp3) is 0.111. The quantitative estimate of drug-likeness (QED) is 0.506. The van der Waals surface area contributed by atoms with Gasteiger partial charge in [-0.25, -0.2) is 9.64 Å². The summed E-state index contributed by atoms with van der Waals surface area (Å²) >= 11 is 0. The van der Waals surface area contributed by atoms with Crippen molar-refractivity contribution in [2.45, 2.75) is 6.92 Å². The van der Waals surface area contributed by atoms with Gasteiger partial charge in [-0.15, -0.1) is 0 Å². The molecule has 0 fully saturated rings. The first-order valence-electron chi connectivity index (χ1n) is 3.57. The zero-order chi connectivity index (χ0) is 10.0. The Morgan fingerprint density at radius 1 is 1.62 bits per heavy atom. The predicted octanol–water partition coefficient (Wildman–Crippen LogP) is 1.83. The lowest BCUT2D eigenvalue weighted by molar-refractivity contribution is 0.0698. The van der Waals surface area contributed by atoms with Gasteiger partial charge < -0.3 is 10.8 Å². The van der Waals surface area contributed by atoms with Gasteiger partial charge in [0, 0.05) is 5.69 Å². The number of benzene rings is 1. The minimum atomic E-state index is -1.11. The number of carboxylic acids is 1. The molecule has 0 spiro atoms. The Kier molecular flexibility index (Phi) is 2.20. The Balaban J connectivity index is 3.44. The van der Waals surface area contributed by atoms with Gasteiger partial charge in [0.05, 0.1) is 12.1 Å².